The summed E-state index contributed by atoms with van der Waals surface area (Å²) in [4.78, 5) is 16.7. The Bertz CT molecular complexity index is 663. The molecule has 2 heterocycles. The highest BCUT2D eigenvalue weighted by atomic mass is 32.1. The lowest BCUT2D eigenvalue weighted by Crippen LogP contribution is -1.89. The van der Waals surface area contributed by atoms with E-state index in [-0.39, 0.29) is 5.78 Å². The van der Waals surface area contributed by atoms with Gasteiger partial charge in [0.1, 0.15) is 0 Å². The van der Waals surface area contributed by atoms with Gasteiger partial charge < -0.3 is 0 Å². The zero-order chi connectivity index (χ0) is 11.8. The zero-order valence-electron chi connectivity index (χ0n) is 9.14. The molecule has 0 unspecified atom stereocenters. The van der Waals surface area contributed by atoms with Crippen LogP contribution >= 0.6 is 22.7 Å². The molecule has 4 heteroatoms. The van der Waals surface area contributed by atoms with E-state index in [1.165, 1.54) is 21.4 Å². The van der Waals surface area contributed by atoms with Crippen molar-refractivity contribution in [3.63, 3.8) is 0 Å². The molecule has 17 heavy (non-hydrogen) atoms. The number of thiazole rings is 1. The van der Waals surface area contributed by atoms with Gasteiger partial charge >= 0.3 is 0 Å². The monoisotopic (exact) mass is 259 g/mol. The minimum Gasteiger partial charge on any atom is -0.292 e. The summed E-state index contributed by atoms with van der Waals surface area (Å²) in [5, 5.41) is 3.75. The van der Waals surface area contributed by atoms with Gasteiger partial charge in [-0.05, 0) is 17.5 Å². The quantitative estimate of drug-likeness (QED) is 0.645. The standard InChI is InChI=1S/C13H9NOS2/c1-8(15)13-14-10(7-16-13)12-6-9-4-2-3-5-11(9)17-12/h2-7H,1H3. The lowest BCUT2D eigenvalue weighted by Gasteiger charge is -1.87. The Balaban J connectivity index is 2.10. The van der Waals surface area contributed by atoms with Gasteiger partial charge in [0.2, 0.25) is 0 Å². The highest BCUT2D eigenvalue weighted by Crippen LogP contribution is 2.33. The number of hydrogen-bond acceptors (Lipinski definition) is 4. The predicted molar refractivity (Wildman–Crippen MR) is 72.9 cm³/mol. The van der Waals surface area contributed by atoms with Gasteiger partial charge in [0, 0.05) is 17.0 Å². The average Bonchev–Trinajstić information content (AvgIpc) is 2.95. The molecule has 0 aliphatic rings. The highest BCUT2D eigenvalue weighted by molar-refractivity contribution is 7.22. The van der Waals surface area contributed by atoms with E-state index in [1.807, 2.05) is 17.5 Å². The van der Waals surface area contributed by atoms with Crippen molar-refractivity contribution in [1.82, 2.24) is 4.98 Å². The Morgan fingerprint density at radius 2 is 2.12 bits per heavy atom. The van der Waals surface area contributed by atoms with Crippen molar-refractivity contribution in [2.75, 3.05) is 0 Å². The van der Waals surface area contributed by atoms with Crippen molar-refractivity contribution >= 4 is 38.5 Å². The summed E-state index contributed by atoms with van der Waals surface area (Å²) in [6.07, 6.45) is 0. The van der Waals surface area contributed by atoms with Crippen molar-refractivity contribution in [2.45, 2.75) is 6.92 Å². The van der Waals surface area contributed by atoms with E-state index in [2.05, 4.69) is 23.2 Å². The molecule has 0 saturated carbocycles. The molecular formula is C13H9NOS2. The third-order valence-corrected chi connectivity index (χ3v) is 4.57. The van der Waals surface area contributed by atoms with Gasteiger partial charge in [-0.2, -0.15) is 0 Å². The van der Waals surface area contributed by atoms with E-state index < -0.39 is 0 Å². The van der Waals surface area contributed by atoms with Crippen LogP contribution in [0, 0.1) is 0 Å². The molecule has 0 aliphatic carbocycles. The van der Waals surface area contributed by atoms with Crippen LogP contribution in [0.3, 0.4) is 0 Å². The first-order chi connectivity index (χ1) is 8.24. The van der Waals surface area contributed by atoms with Gasteiger partial charge in [-0.15, -0.1) is 22.7 Å². The minimum atomic E-state index is 0.0300. The number of rotatable bonds is 2. The van der Waals surface area contributed by atoms with E-state index in [0.717, 1.165) is 10.6 Å². The second-order valence-corrected chi connectivity index (χ2v) is 5.68. The Morgan fingerprint density at radius 3 is 2.82 bits per heavy atom. The van der Waals surface area contributed by atoms with Gasteiger partial charge in [-0.1, -0.05) is 18.2 Å². The summed E-state index contributed by atoms with van der Waals surface area (Å²) < 4.78 is 1.25. The second-order valence-electron chi connectivity index (χ2n) is 3.74. The van der Waals surface area contributed by atoms with Crippen molar-refractivity contribution in [2.24, 2.45) is 0 Å². The maximum atomic E-state index is 11.2. The molecule has 0 N–H and O–H groups in total. The van der Waals surface area contributed by atoms with Crippen LogP contribution in [0.1, 0.15) is 16.7 Å². The SMILES string of the molecule is CC(=O)c1nc(-c2cc3ccccc3s2)cs1. The van der Waals surface area contributed by atoms with Crippen molar-refractivity contribution < 1.29 is 4.79 Å². The Kier molecular flexibility index (Phi) is 2.53. The van der Waals surface area contributed by atoms with Gasteiger partial charge in [0.15, 0.2) is 10.8 Å². The fraction of sp³-hybridized carbons (Fsp3) is 0.0769. The zero-order valence-corrected chi connectivity index (χ0v) is 10.8. The van der Waals surface area contributed by atoms with Crippen LogP contribution in [0.15, 0.2) is 35.7 Å². The molecule has 2 nitrogen and oxygen atoms in total. The van der Waals surface area contributed by atoms with Gasteiger partial charge in [-0.25, -0.2) is 4.98 Å². The molecule has 0 atom stereocenters. The van der Waals surface area contributed by atoms with Crippen molar-refractivity contribution in [3.05, 3.63) is 40.7 Å². The summed E-state index contributed by atoms with van der Waals surface area (Å²) in [5.41, 5.74) is 0.904. The molecule has 0 aliphatic heterocycles. The molecule has 84 valence electrons. The number of carbonyl (C=O) groups excluding carboxylic acids is 1. The van der Waals surface area contributed by atoms with E-state index >= 15 is 0 Å². The van der Waals surface area contributed by atoms with Gasteiger partial charge in [-0.3, -0.25) is 4.79 Å². The first-order valence-corrected chi connectivity index (χ1v) is 6.89. The molecule has 0 saturated heterocycles. The van der Waals surface area contributed by atoms with E-state index in [0.29, 0.717) is 5.01 Å². The summed E-state index contributed by atoms with van der Waals surface area (Å²) in [6.45, 7) is 1.55. The van der Waals surface area contributed by atoms with Crippen molar-refractivity contribution in [3.8, 4) is 10.6 Å². The number of aromatic nitrogens is 1. The number of fused-ring (bicyclic) bond motifs is 1. The second kappa shape index (κ2) is 4.05. The van der Waals surface area contributed by atoms with Crippen LogP contribution in [-0.4, -0.2) is 10.8 Å². The van der Waals surface area contributed by atoms with Crippen LogP contribution in [0.5, 0.6) is 0 Å². The first-order valence-electron chi connectivity index (χ1n) is 5.19. The topological polar surface area (TPSA) is 30.0 Å². The average molecular weight is 259 g/mol. The number of Topliss-reactive ketones (excluding diaryl/α,β-unsaturated/α-hetero) is 1. The molecule has 0 fully saturated rings. The molecule has 3 aromatic rings. The molecule has 3 rings (SSSR count). The smallest absolute Gasteiger partial charge is 0.188 e. The number of carbonyl (C=O) groups is 1. The lowest BCUT2D eigenvalue weighted by atomic mass is 10.2. The molecule has 1 aromatic carbocycles. The maximum absolute atomic E-state index is 11.2. The number of thiophene rings is 1. The highest BCUT2D eigenvalue weighted by Gasteiger charge is 2.10. The summed E-state index contributed by atoms with van der Waals surface area (Å²) in [7, 11) is 0. The molecule has 2 aromatic heterocycles. The van der Waals surface area contributed by atoms with Crippen LogP contribution in [0.4, 0.5) is 0 Å². The maximum Gasteiger partial charge on any atom is 0.188 e. The van der Waals surface area contributed by atoms with Crippen LogP contribution < -0.4 is 0 Å². The van der Waals surface area contributed by atoms with Crippen LogP contribution in [-0.2, 0) is 0 Å². The summed E-state index contributed by atoms with van der Waals surface area (Å²) >= 11 is 3.12. The fourth-order valence-electron chi connectivity index (χ4n) is 1.66. The van der Waals surface area contributed by atoms with Gasteiger partial charge in [0.05, 0.1) is 10.6 Å². The molecule has 0 spiro atoms. The number of hydrogen-bond donors (Lipinski definition) is 0. The third-order valence-electron chi connectivity index (χ3n) is 2.48. The number of nitrogens with zero attached hydrogens (tertiary/aromatic N) is 1. The van der Waals surface area contributed by atoms with Gasteiger partial charge in [0.25, 0.3) is 0 Å². The third kappa shape index (κ3) is 1.90. The van der Waals surface area contributed by atoms with E-state index in [4.69, 9.17) is 0 Å². The Labute approximate surface area is 107 Å². The van der Waals surface area contributed by atoms with Crippen LogP contribution in [0.2, 0.25) is 0 Å². The van der Waals surface area contributed by atoms with Crippen LogP contribution in [0.25, 0.3) is 20.7 Å². The predicted octanol–water partition coefficient (Wildman–Crippen LogP) is 4.23. The summed E-state index contributed by atoms with van der Waals surface area (Å²) in [5.74, 6) is 0.0300. The van der Waals surface area contributed by atoms with E-state index in [9.17, 15) is 4.79 Å². The normalized spacial score (nSPS) is 10.9. The summed E-state index contributed by atoms with van der Waals surface area (Å²) in [6, 6.07) is 10.4. The number of ketones is 1. The Hall–Kier alpha value is -1.52. The molecule has 0 radical (unpaired) electrons. The van der Waals surface area contributed by atoms with E-state index in [1.54, 1.807) is 18.3 Å². The first kappa shape index (κ1) is 10.6. The fourth-order valence-corrected chi connectivity index (χ4v) is 3.47. The minimum absolute atomic E-state index is 0.0300. The molecule has 0 amide bonds. The molecule has 0 bridgehead atoms. The largest absolute Gasteiger partial charge is 0.292 e. The molecular weight excluding hydrogens is 250 g/mol. The van der Waals surface area contributed by atoms with Crippen molar-refractivity contribution in [1.29, 1.82) is 0 Å². The lowest BCUT2D eigenvalue weighted by molar-refractivity contribution is 0.101. The Morgan fingerprint density at radius 1 is 1.29 bits per heavy atom. The number of benzene rings is 1.